The number of fused-ring (bicyclic) bond motifs is 3. The average molecular weight is 325 g/mol. The number of H-pyrrole nitrogens is 1. The number of hydrogen-bond donors (Lipinski definition) is 1. The minimum absolute atomic E-state index is 0.169. The Balaban J connectivity index is 2.02. The maximum absolute atomic E-state index is 12.7. The molecule has 0 fully saturated rings. The van der Waals surface area contributed by atoms with Crippen molar-refractivity contribution in [2.75, 3.05) is 0 Å². The van der Waals surface area contributed by atoms with Gasteiger partial charge in [0.1, 0.15) is 5.52 Å². The fraction of sp³-hybridized carbons (Fsp3) is 0. The lowest BCUT2D eigenvalue weighted by Crippen LogP contribution is -2.17. The van der Waals surface area contributed by atoms with Crippen LogP contribution in [0.4, 0.5) is 0 Å². The molecule has 0 atom stereocenters. The first-order valence-electron chi connectivity index (χ1n) is 6.81. The van der Waals surface area contributed by atoms with Crippen molar-refractivity contribution in [3.63, 3.8) is 0 Å². The summed E-state index contributed by atoms with van der Waals surface area (Å²) in [5.41, 5.74) is 1.03. The van der Waals surface area contributed by atoms with Crippen LogP contribution in [0.2, 0.25) is 5.02 Å². The topological polar surface area (TPSA) is 80.1 Å². The Morgan fingerprint density at radius 3 is 2.61 bits per heavy atom. The molecule has 112 valence electrons. The van der Waals surface area contributed by atoms with Gasteiger partial charge in [-0.2, -0.15) is 14.6 Å². The summed E-state index contributed by atoms with van der Waals surface area (Å²) in [4.78, 5) is 28.8. The zero-order valence-electron chi connectivity index (χ0n) is 11.7. The monoisotopic (exact) mass is 324 g/mol. The van der Waals surface area contributed by atoms with E-state index in [1.807, 2.05) is 6.07 Å². The van der Waals surface area contributed by atoms with E-state index in [4.69, 9.17) is 11.6 Å². The second-order valence-electron chi connectivity index (χ2n) is 4.99. The smallest absolute Gasteiger partial charge is 0.287 e. The van der Waals surface area contributed by atoms with Crippen LogP contribution in [0.5, 0.6) is 0 Å². The molecule has 0 bridgehead atoms. The van der Waals surface area contributed by atoms with Crippen molar-refractivity contribution in [3.05, 3.63) is 75.3 Å². The largest absolute Gasteiger partial charge is 0.368 e. The van der Waals surface area contributed by atoms with Gasteiger partial charge in [0.25, 0.3) is 0 Å². The van der Waals surface area contributed by atoms with Crippen molar-refractivity contribution in [2.24, 2.45) is 0 Å². The van der Waals surface area contributed by atoms with Gasteiger partial charge in [-0.25, -0.2) is 10.0 Å². The highest BCUT2D eigenvalue weighted by atomic mass is 35.5. The summed E-state index contributed by atoms with van der Waals surface area (Å²) in [6.07, 6.45) is 0. The molecular weight excluding hydrogens is 316 g/mol. The van der Waals surface area contributed by atoms with E-state index in [9.17, 15) is 9.59 Å². The molecule has 0 aliphatic heterocycles. The first kappa shape index (κ1) is 13.7. The van der Waals surface area contributed by atoms with E-state index >= 15 is 0 Å². The number of para-hydroxylation sites is 1. The molecule has 23 heavy (non-hydrogen) atoms. The molecule has 1 N–H and O–H groups in total. The van der Waals surface area contributed by atoms with Gasteiger partial charge in [0.2, 0.25) is 5.78 Å². The highest BCUT2D eigenvalue weighted by Crippen LogP contribution is 2.21. The number of nitrogens with zero attached hydrogens (tertiary/aromatic N) is 3. The molecule has 7 heteroatoms. The molecule has 0 saturated heterocycles. The van der Waals surface area contributed by atoms with Crippen LogP contribution >= 0.6 is 11.6 Å². The Bertz CT molecular complexity index is 1110. The second kappa shape index (κ2) is 5.03. The van der Waals surface area contributed by atoms with Crippen molar-refractivity contribution in [3.8, 4) is 0 Å². The molecule has 2 heterocycles. The molecule has 0 radical (unpaired) electrons. The number of hydrogen-bond acceptors (Lipinski definition) is 4. The van der Waals surface area contributed by atoms with Gasteiger partial charge >= 0.3 is 5.69 Å². The van der Waals surface area contributed by atoms with Crippen LogP contribution in [0.25, 0.3) is 16.4 Å². The summed E-state index contributed by atoms with van der Waals surface area (Å²) < 4.78 is 1.17. The van der Waals surface area contributed by atoms with E-state index in [-0.39, 0.29) is 11.5 Å². The number of aromatic amines is 1. The number of aromatic nitrogens is 4. The van der Waals surface area contributed by atoms with Gasteiger partial charge in [0, 0.05) is 16.0 Å². The first-order chi connectivity index (χ1) is 11.1. The second-order valence-corrected chi connectivity index (χ2v) is 5.43. The Hall–Kier alpha value is -2.99. The minimum Gasteiger partial charge on any atom is -0.287 e. The summed E-state index contributed by atoms with van der Waals surface area (Å²) in [6.45, 7) is 0. The van der Waals surface area contributed by atoms with Gasteiger partial charge in [-0.05, 0) is 30.3 Å². The van der Waals surface area contributed by atoms with Crippen molar-refractivity contribution < 1.29 is 4.79 Å². The van der Waals surface area contributed by atoms with Gasteiger partial charge in [-0.3, -0.25) is 4.79 Å². The van der Waals surface area contributed by atoms with Crippen LogP contribution in [0.3, 0.4) is 0 Å². The predicted octanol–water partition coefficient (Wildman–Crippen LogP) is 2.46. The summed E-state index contributed by atoms with van der Waals surface area (Å²) in [6, 6.07) is 13.6. The summed E-state index contributed by atoms with van der Waals surface area (Å²) >= 11 is 5.85. The van der Waals surface area contributed by atoms with Crippen LogP contribution in [-0.4, -0.2) is 25.6 Å². The average Bonchev–Trinajstić information content (AvgIpc) is 3.01. The van der Waals surface area contributed by atoms with E-state index in [1.165, 1.54) is 4.52 Å². The Labute approximate surface area is 134 Å². The normalized spacial score (nSPS) is 11.2. The number of halogens is 1. The maximum Gasteiger partial charge on any atom is 0.368 e. The van der Waals surface area contributed by atoms with E-state index < -0.39 is 5.69 Å². The number of rotatable bonds is 2. The lowest BCUT2D eigenvalue weighted by atomic mass is 10.1. The number of carbonyl (C=O) groups is 1. The van der Waals surface area contributed by atoms with Crippen LogP contribution in [0, 0.1) is 0 Å². The summed E-state index contributed by atoms with van der Waals surface area (Å²) in [5, 5.41) is 7.80. The molecule has 6 nitrogen and oxygen atoms in total. The van der Waals surface area contributed by atoms with Crippen molar-refractivity contribution >= 4 is 33.8 Å². The maximum atomic E-state index is 12.7. The Morgan fingerprint density at radius 1 is 1.09 bits per heavy atom. The standard InChI is InChI=1S/C16H9ClN4O2/c17-10-7-5-9(6-8-10)15(22)13-14-11-3-1-2-4-12(11)18-16(23)21(14)20-19-13/h1-8,20H. The molecule has 0 saturated carbocycles. The van der Waals surface area contributed by atoms with Gasteiger partial charge in [-0.15, -0.1) is 0 Å². The highest BCUT2D eigenvalue weighted by Gasteiger charge is 2.19. The fourth-order valence-electron chi connectivity index (χ4n) is 2.52. The number of benzene rings is 2. The zero-order chi connectivity index (χ0) is 16.0. The molecule has 0 unspecified atom stereocenters. The lowest BCUT2D eigenvalue weighted by molar-refractivity contribution is 0.103. The molecule has 0 aliphatic rings. The highest BCUT2D eigenvalue weighted by molar-refractivity contribution is 6.30. The number of ketones is 1. The Kier molecular flexibility index (Phi) is 2.99. The van der Waals surface area contributed by atoms with Gasteiger partial charge < -0.3 is 0 Å². The van der Waals surface area contributed by atoms with Crippen LogP contribution in [-0.2, 0) is 0 Å². The molecule has 2 aromatic carbocycles. The predicted molar refractivity (Wildman–Crippen MR) is 86.0 cm³/mol. The molecule has 0 spiro atoms. The molecule has 0 aliphatic carbocycles. The molecule has 4 aromatic rings. The van der Waals surface area contributed by atoms with Gasteiger partial charge in [0.15, 0.2) is 5.69 Å². The van der Waals surface area contributed by atoms with Crippen molar-refractivity contribution in [1.29, 1.82) is 0 Å². The van der Waals surface area contributed by atoms with Gasteiger partial charge in [0.05, 0.1) is 5.52 Å². The van der Waals surface area contributed by atoms with Crippen LogP contribution < -0.4 is 5.69 Å². The molecule has 0 amide bonds. The lowest BCUT2D eigenvalue weighted by Gasteiger charge is -2.01. The van der Waals surface area contributed by atoms with E-state index in [1.54, 1.807) is 42.5 Å². The third-order valence-corrected chi connectivity index (χ3v) is 3.85. The minimum atomic E-state index is -0.513. The van der Waals surface area contributed by atoms with Crippen molar-refractivity contribution in [2.45, 2.75) is 0 Å². The summed E-state index contributed by atoms with van der Waals surface area (Å²) in [5.74, 6) is -0.295. The third-order valence-electron chi connectivity index (χ3n) is 3.60. The third kappa shape index (κ3) is 2.11. The zero-order valence-corrected chi connectivity index (χ0v) is 12.4. The van der Waals surface area contributed by atoms with Crippen LogP contribution in [0.15, 0.2) is 53.3 Å². The number of nitrogens with one attached hydrogen (secondary N) is 1. The fourth-order valence-corrected chi connectivity index (χ4v) is 2.64. The SMILES string of the molecule is O=C(c1ccc(Cl)cc1)c1n[nH]n2c(=O)nc3ccccc3c12. The van der Waals surface area contributed by atoms with E-state index in [0.29, 0.717) is 27.0 Å². The van der Waals surface area contributed by atoms with E-state index in [0.717, 1.165) is 0 Å². The quantitative estimate of drug-likeness (QED) is 0.574. The molecular formula is C16H9ClN4O2. The van der Waals surface area contributed by atoms with Crippen molar-refractivity contribution in [1.82, 2.24) is 19.8 Å². The van der Waals surface area contributed by atoms with E-state index in [2.05, 4.69) is 15.3 Å². The Morgan fingerprint density at radius 2 is 1.83 bits per heavy atom. The van der Waals surface area contributed by atoms with Crippen LogP contribution in [0.1, 0.15) is 16.1 Å². The summed E-state index contributed by atoms with van der Waals surface area (Å²) in [7, 11) is 0. The van der Waals surface area contributed by atoms with Gasteiger partial charge in [-0.1, -0.05) is 29.8 Å². The number of carbonyl (C=O) groups excluding carboxylic acids is 1. The molecule has 2 aromatic heterocycles. The first-order valence-corrected chi connectivity index (χ1v) is 7.19. The molecule has 4 rings (SSSR count).